The monoisotopic (exact) mass is 220 g/mol. The summed E-state index contributed by atoms with van der Waals surface area (Å²) in [7, 11) is 1.57. The first-order valence-corrected chi connectivity index (χ1v) is 4.74. The van der Waals surface area contributed by atoms with Crippen molar-refractivity contribution in [1.82, 2.24) is 5.16 Å². The molecule has 0 aliphatic rings. The first-order chi connectivity index (χ1) is 7.72. The normalized spacial score (nSPS) is 10.6. The first-order valence-electron chi connectivity index (χ1n) is 4.74. The molecule has 2 rings (SSSR count). The second-order valence-corrected chi connectivity index (χ2v) is 3.36. The number of nitrogens with two attached hydrogens (primary N) is 1. The van der Waals surface area contributed by atoms with Crippen molar-refractivity contribution < 1.29 is 14.4 Å². The van der Waals surface area contributed by atoms with E-state index in [2.05, 4.69) is 5.16 Å². The van der Waals surface area contributed by atoms with E-state index < -0.39 is 0 Å². The lowest BCUT2D eigenvalue weighted by atomic mass is 10.1. The molecular formula is C11H12N2O3. The molecule has 0 saturated heterocycles. The Morgan fingerprint density at radius 3 is 2.94 bits per heavy atom. The number of hydrogen-bond acceptors (Lipinski definition) is 5. The van der Waals surface area contributed by atoms with E-state index in [-0.39, 0.29) is 11.6 Å². The summed E-state index contributed by atoms with van der Waals surface area (Å²) in [4.78, 5) is 0. The van der Waals surface area contributed by atoms with E-state index in [1.54, 1.807) is 25.3 Å². The Labute approximate surface area is 92.4 Å². The van der Waals surface area contributed by atoms with Gasteiger partial charge in [0.2, 0.25) is 0 Å². The lowest BCUT2D eigenvalue weighted by Crippen LogP contribution is -1.89. The number of nitrogens with zero attached hydrogens (tertiary/aromatic N) is 1. The number of methoxy groups -OCH3 is 1. The molecule has 0 atom stereocenters. The molecule has 0 saturated carbocycles. The maximum absolute atomic E-state index is 9.97. The molecule has 5 heteroatoms. The third-order valence-electron chi connectivity index (χ3n) is 2.21. The van der Waals surface area contributed by atoms with Crippen LogP contribution >= 0.6 is 0 Å². The Bertz CT molecular complexity index is 494. The third-order valence-corrected chi connectivity index (χ3v) is 2.21. The highest BCUT2D eigenvalue weighted by Crippen LogP contribution is 2.33. The maximum atomic E-state index is 9.97. The molecule has 1 aromatic carbocycles. The van der Waals surface area contributed by atoms with Gasteiger partial charge in [0.15, 0.2) is 11.6 Å². The van der Waals surface area contributed by atoms with Crippen LogP contribution in [0.4, 0.5) is 5.82 Å². The number of nitrogen functional groups attached to an aromatic ring is 1. The lowest BCUT2D eigenvalue weighted by Gasteiger charge is -2.06. The molecule has 0 aliphatic carbocycles. The fourth-order valence-corrected chi connectivity index (χ4v) is 1.48. The van der Waals surface area contributed by atoms with Crippen LogP contribution in [0.2, 0.25) is 0 Å². The van der Waals surface area contributed by atoms with E-state index in [1.165, 1.54) is 0 Å². The summed E-state index contributed by atoms with van der Waals surface area (Å²) in [6.45, 7) is 0.337. The maximum Gasteiger partial charge on any atom is 0.172 e. The SMILES string of the molecule is COCc1cccc(-c2cc(N)no2)c1O. The molecule has 0 bridgehead atoms. The number of rotatable bonds is 3. The lowest BCUT2D eigenvalue weighted by molar-refractivity contribution is 0.182. The van der Waals surface area contributed by atoms with Crippen molar-refractivity contribution in [2.45, 2.75) is 6.61 Å². The molecule has 0 fully saturated rings. The smallest absolute Gasteiger partial charge is 0.172 e. The third kappa shape index (κ3) is 1.85. The van der Waals surface area contributed by atoms with Crippen LogP contribution in [0, 0.1) is 0 Å². The van der Waals surface area contributed by atoms with Gasteiger partial charge in [-0.3, -0.25) is 0 Å². The van der Waals surface area contributed by atoms with Gasteiger partial charge in [0.05, 0.1) is 12.2 Å². The number of aromatic hydroxyl groups is 1. The van der Waals surface area contributed by atoms with Gasteiger partial charge in [-0.15, -0.1) is 0 Å². The highest BCUT2D eigenvalue weighted by Gasteiger charge is 2.12. The number of phenolic OH excluding ortho intramolecular Hbond substituents is 1. The van der Waals surface area contributed by atoms with Gasteiger partial charge in [0, 0.05) is 18.7 Å². The van der Waals surface area contributed by atoms with Crippen LogP contribution in [0.25, 0.3) is 11.3 Å². The topological polar surface area (TPSA) is 81.5 Å². The molecule has 0 aliphatic heterocycles. The quantitative estimate of drug-likeness (QED) is 0.823. The largest absolute Gasteiger partial charge is 0.507 e. The highest BCUT2D eigenvalue weighted by atomic mass is 16.5. The first kappa shape index (κ1) is 10.5. The number of aromatic nitrogens is 1. The van der Waals surface area contributed by atoms with Crippen molar-refractivity contribution in [2.24, 2.45) is 0 Å². The minimum atomic E-state index is 0.125. The van der Waals surface area contributed by atoms with Gasteiger partial charge in [-0.1, -0.05) is 17.3 Å². The summed E-state index contributed by atoms with van der Waals surface area (Å²) < 4.78 is 9.96. The van der Waals surface area contributed by atoms with Crippen LogP contribution in [0.3, 0.4) is 0 Å². The second kappa shape index (κ2) is 4.24. The van der Waals surface area contributed by atoms with Crippen LogP contribution in [0.5, 0.6) is 5.75 Å². The average Bonchev–Trinajstić information content (AvgIpc) is 2.68. The zero-order chi connectivity index (χ0) is 11.5. The van der Waals surface area contributed by atoms with Crippen LogP contribution in [-0.2, 0) is 11.3 Å². The van der Waals surface area contributed by atoms with Crippen molar-refractivity contribution >= 4 is 5.82 Å². The van der Waals surface area contributed by atoms with Crippen LogP contribution in [0.15, 0.2) is 28.8 Å². The number of phenols is 1. The number of ether oxygens (including phenoxy) is 1. The zero-order valence-electron chi connectivity index (χ0n) is 8.80. The van der Waals surface area contributed by atoms with E-state index >= 15 is 0 Å². The van der Waals surface area contributed by atoms with Crippen LogP contribution < -0.4 is 5.73 Å². The molecule has 16 heavy (non-hydrogen) atoms. The van der Waals surface area contributed by atoms with E-state index in [1.807, 2.05) is 6.07 Å². The average molecular weight is 220 g/mol. The van der Waals surface area contributed by atoms with Gasteiger partial charge in [-0.05, 0) is 6.07 Å². The number of hydrogen-bond donors (Lipinski definition) is 2. The minimum Gasteiger partial charge on any atom is -0.507 e. The zero-order valence-corrected chi connectivity index (χ0v) is 8.80. The molecule has 1 aromatic heterocycles. The Kier molecular flexibility index (Phi) is 2.78. The summed E-state index contributed by atoms with van der Waals surface area (Å²) in [5.41, 5.74) is 6.70. The molecule has 3 N–H and O–H groups in total. The molecule has 0 spiro atoms. The summed E-state index contributed by atoms with van der Waals surface area (Å²) in [5.74, 6) is 0.847. The van der Waals surface area contributed by atoms with Crippen molar-refractivity contribution in [1.29, 1.82) is 0 Å². The van der Waals surface area contributed by atoms with Crippen molar-refractivity contribution in [2.75, 3.05) is 12.8 Å². The Morgan fingerprint density at radius 1 is 1.50 bits per heavy atom. The number of para-hydroxylation sites is 1. The molecular weight excluding hydrogens is 208 g/mol. The predicted molar refractivity (Wildman–Crippen MR) is 58.7 cm³/mol. The molecule has 0 radical (unpaired) electrons. The van der Waals surface area contributed by atoms with E-state index in [0.717, 1.165) is 0 Å². The van der Waals surface area contributed by atoms with E-state index in [4.69, 9.17) is 15.0 Å². The van der Waals surface area contributed by atoms with Gasteiger partial charge in [-0.2, -0.15) is 0 Å². The molecule has 5 nitrogen and oxygen atoms in total. The van der Waals surface area contributed by atoms with Crippen molar-refractivity contribution in [3.8, 4) is 17.1 Å². The van der Waals surface area contributed by atoms with E-state index in [9.17, 15) is 5.11 Å². The fraction of sp³-hybridized carbons (Fsp3) is 0.182. The molecule has 84 valence electrons. The predicted octanol–water partition coefficient (Wildman–Crippen LogP) is 1.78. The van der Waals surface area contributed by atoms with Gasteiger partial charge < -0.3 is 20.1 Å². The van der Waals surface area contributed by atoms with Crippen molar-refractivity contribution in [3.05, 3.63) is 29.8 Å². The summed E-state index contributed by atoms with van der Waals surface area (Å²) in [5, 5.41) is 13.5. The summed E-state index contributed by atoms with van der Waals surface area (Å²) in [6.07, 6.45) is 0. The molecule has 0 unspecified atom stereocenters. The van der Waals surface area contributed by atoms with Gasteiger partial charge >= 0.3 is 0 Å². The van der Waals surface area contributed by atoms with E-state index in [0.29, 0.717) is 23.5 Å². The molecule has 2 aromatic rings. The van der Waals surface area contributed by atoms with Gasteiger partial charge in [0.25, 0.3) is 0 Å². The standard InChI is InChI=1S/C11H12N2O3/c1-15-6-7-3-2-4-8(11(7)14)9-5-10(12)13-16-9/h2-5,14H,6H2,1H3,(H2,12,13). The Hall–Kier alpha value is -2.01. The Balaban J connectivity index is 2.45. The minimum absolute atomic E-state index is 0.125. The van der Waals surface area contributed by atoms with Crippen LogP contribution in [-0.4, -0.2) is 17.4 Å². The number of anilines is 1. The fourth-order valence-electron chi connectivity index (χ4n) is 1.48. The highest BCUT2D eigenvalue weighted by molar-refractivity contribution is 5.68. The number of benzene rings is 1. The summed E-state index contributed by atoms with van der Waals surface area (Å²) >= 11 is 0. The second-order valence-electron chi connectivity index (χ2n) is 3.36. The summed E-state index contributed by atoms with van der Waals surface area (Å²) in [6, 6.07) is 6.88. The molecule has 1 heterocycles. The van der Waals surface area contributed by atoms with Crippen LogP contribution in [0.1, 0.15) is 5.56 Å². The Morgan fingerprint density at radius 2 is 2.31 bits per heavy atom. The van der Waals surface area contributed by atoms with Gasteiger partial charge in [0.1, 0.15) is 5.75 Å². The van der Waals surface area contributed by atoms with Crippen molar-refractivity contribution in [3.63, 3.8) is 0 Å². The van der Waals surface area contributed by atoms with Gasteiger partial charge in [-0.25, -0.2) is 0 Å². The molecule has 0 amide bonds.